The van der Waals surface area contributed by atoms with E-state index in [-0.39, 0.29) is 12.1 Å². The SMILES string of the molecule is CCCOc1cccnc1N(C)C1CCCCC1O. The summed E-state index contributed by atoms with van der Waals surface area (Å²) in [5.41, 5.74) is 0. The van der Waals surface area contributed by atoms with Crippen LogP contribution in [0.4, 0.5) is 5.82 Å². The predicted molar refractivity (Wildman–Crippen MR) is 76.7 cm³/mol. The molecule has 1 heterocycles. The summed E-state index contributed by atoms with van der Waals surface area (Å²) in [6.07, 6.45) is 6.68. The van der Waals surface area contributed by atoms with Crippen molar-refractivity contribution >= 4 is 5.82 Å². The van der Waals surface area contributed by atoms with Gasteiger partial charge in [0.05, 0.1) is 18.8 Å². The van der Waals surface area contributed by atoms with Crippen LogP contribution in [0.3, 0.4) is 0 Å². The van der Waals surface area contributed by atoms with E-state index in [1.165, 1.54) is 6.42 Å². The lowest BCUT2D eigenvalue weighted by Crippen LogP contribution is -2.44. The van der Waals surface area contributed by atoms with Gasteiger partial charge in [0.2, 0.25) is 0 Å². The summed E-state index contributed by atoms with van der Waals surface area (Å²) < 4.78 is 5.75. The molecule has 1 aromatic rings. The first-order valence-corrected chi connectivity index (χ1v) is 7.22. The molecule has 2 rings (SSSR count). The van der Waals surface area contributed by atoms with Gasteiger partial charge >= 0.3 is 0 Å². The van der Waals surface area contributed by atoms with Crippen LogP contribution >= 0.6 is 0 Å². The van der Waals surface area contributed by atoms with Crippen LogP contribution in [-0.2, 0) is 0 Å². The van der Waals surface area contributed by atoms with Crippen LogP contribution in [0.2, 0.25) is 0 Å². The lowest BCUT2D eigenvalue weighted by molar-refractivity contribution is 0.105. The van der Waals surface area contributed by atoms with Crippen LogP contribution in [0.5, 0.6) is 5.75 Å². The van der Waals surface area contributed by atoms with Crippen LogP contribution in [0, 0.1) is 0 Å². The highest BCUT2D eigenvalue weighted by Crippen LogP contribution is 2.31. The summed E-state index contributed by atoms with van der Waals surface area (Å²) in [6, 6.07) is 3.98. The molecule has 1 N–H and O–H groups in total. The molecule has 4 heteroatoms. The number of aromatic nitrogens is 1. The van der Waals surface area contributed by atoms with E-state index in [2.05, 4.69) is 16.8 Å². The van der Waals surface area contributed by atoms with Gasteiger partial charge in [-0.05, 0) is 31.4 Å². The Bertz CT molecular complexity index is 397. The van der Waals surface area contributed by atoms with Crippen LogP contribution < -0.4 is 9.64 Å². The molecule has 106 valence electrons. The Morgan fingerprint density at radius 1 is 1.42 bits per heavy atom. The van der Waals surface area contributed by atoms with Gasteiger partial charge in [0, 0.05) is 13.2 Å². The summed E-state index contributed by atoms with van der Waals surface area (Å²) in [4.78, 5) is 6.51. The minimum absolute atomic E-state index is 0.146. The van der Waals surface area contributed by atoms with E-state index >= 15 is 0 Å². The van der Waals surface area contributed by atoms with E-state index in [0.29, 0.717) is 6.61 Å². The third-order valence-corrected chi connectivity index (χ3v) is 3.74. The van der Waals surface area contributed by atoms with Gasteiger partial charge < -0.3 is 14.7 Å². The molecule has 1 saturated carbocycles. The van der Waals surface area contributed by atoms with Crippen LogP contribution in [-0.4, -0.2) is 35.9 Å². The average molecular weight is 264 g/mol. The first-order valence-electron chi connectivity index (χ1n) is 7.22. The standard InChI is InChI=1S/C15H24N2O2/c1-3-11-19-14-9-6-10-16-15(14)17(2)12-7-4-5-8-13(12)18/h6,9-10,12-13,18H,3-5,7-8,11H2,1-2H3. The van der Waals surface area contributed by atoms with Gasteiger partial charge in [-0.2, -0.15) is 0 Å². The molecular formula is C15H24N2O2. The van der Waals surface area contributed by atoms with Crippen molar-refractivity contribution in [1.82, 2.24) is 4.98 Å². The van der Waals surface area contributed by atoms with Crippen molar-refractivity contribution in [2.24, 2.45) is 0 Å². The third-order valence-electron chi connectivity index (χ3n) is 3.74. The number of hydrogen-bond acceptors (Lipinski definition) is 4. The van der Waals surface area contributed by atoms with E-state index in [9.17, 15) is 5.11 Å². The Labute approximate surface area is 115 Å². The summed E-state index contributed by atoms with van der Waals surface area (Å²) in [5.74, 6) is 1.64. The molecule has 0 aromatic carbocycles. The number of aliphatic hydroxyl groups is 1. The average Bonchev–Trinajstić information content (AvgIpc) is 2.45. The summed E-state index contributed by atoms with van der Waals surface area (Å²) in [7, 11) is 2.00. The topological polar surface area (TPSA) is 45.6 Å². The maximum Gasteiger partial charge on any atom is 0.171 e. The highest BCUT2D eigenvalue weighted by atomic mass is 16.5. The highest BCUT2D eigenvalue weighted by molar-refractivity contribution is 5.52. The largest absolute Gasteiger partial charge is 0.490 e. The molecule has 0 aliphatic heterocycles. The van der Waals surface area contributed by atoms with E-state index in [1.807, 2.05) is 19.2 Å². The summed E-state index contributed by atoms with van der Waals surface area (Å²) in [5, 5.41) is 10.2. The molecule has 0 radical (unpaired) electrons. The number of pyridine rings is 1. The number of ether oxygens (including phenoxy) is 1. The molecule has 0 saturated heterocycles. The summed E-state index contributed by atoms with van der Waals surface area (Å²) >= 11 is 0. The maximum absolute atomic E-state index is 10.2. The van der Waals surface area contributed by atoms with E-state index in [1.54, 1.807) is 6.20 Å². The number of anilines is 1. The van der Waals surface area contributed by atoms with E-state index in [4.69, 9.17) is 4.74 Å². The first kappa shape index (κ1) is 14.1. The molecule has 2 unspecified atom stereocenters. The zero-order chi connectivity index (χ0) is 13.7. The fraction of sp³-hybridized carbons (Fsp3) is 0.667. The normalized spacial score (nSPS) is 23.1. The lowest BCUT2D eigenvalue weighted by atomic mass is 9.91. The summed E-state index contributed by atoms with van der Waals surface area (Å²) in [6.45, 7) is 2.78. The number of rotatable bonds is 5. The van der Waals surface area contributed by atoms with Crippen molar-refractivity contribution in [3.63, 3.8) is 0 Å². The molecule has 19 heavy (non-hydrogen) atoms. The Balaban J connectivity index is 2.15. The number of aliphatic hydroxyl groups excluding tert-OH is 1. The molecular weight excluding hydrogens is 240 g/mol. The van der Waals surface area contributed by atoms with Crippen molar-refractivity contribution < 1.29 is 9.84 Å². The predicted octanol–water partition coefficient (Wildman–Crippen LogP) is 2.61. The van der Waals surface area contributed by atoms with Crippen molar-refractivity contribution in [2.75, 3.05) is 18.6 Å². The van der Waals surface area contributed by atoms with E-state index in [0.717, 1.165) is 37.3 Å². The fourth-order valence-electron chi connectivity index (χ4n) is 2.67. The molecule has 1 fully saturated rings. The van der Waals surface area contributed by atoms with Crippen LogP contribution in [0.1, 0.15) is 39.0 Å². The van der Waals surface area contributed by atoms with Gasteiger partial charge in [-0.15, -0.1) is 0 Å². The quantitative estimate of drug-likeness (QED) is 0.888. The smallest absolute Gasteiger partial charge is 0.171 e. The van der Waals surface area contributed by atoms with Crippen molar-refractivity contribution in [3.05, 3.63) is 18.3 Å². The molecule has 0 bridgehead atoms. The Hall–Kier alpha value is -1.29. The highest BCUT2D eigenvalue weighted by Gasteiger charge is 2.28. The second-order valence-electron chi connectivity index (χ2n) is 5.20. The number of nitrogens with zero attached hydrogens (tertiary/aromatic N) is 2. The van der Waals surface area contributed by atoms with Gasteiger partial charge in [0.25, 0.3) is 0 Å². The zero-order valence-electron chi connectivity index (χ0n) is 11.9. The monoisotopic (exact) mass is 264 g/mol. The molecule has 1 aliphatic carbocycles. The fourth-order valence-corrected chi connectivity index (χ4v) is 2.67. The van der Waals surface area contributed by atoms with E-state index < -0.39 is 0 Å². The Kier molecular flexibility index (Phi) is 5.02. The minimum atomic E-state index is -0.264. The molecule has 4 nitrogen and oxygen atoms in total. The molecule has 1 aromatic heterocycles. The molecule has 2 atom stereocenters. The van der Waals surface area contributed by atoms with Crippen LogP contribution in [0.25, 0.3) is 0 Å². The van der Waals surface area contributed by atoms with Crippen molar-refractivity contribution in [1.29, 1.82) is 0 Å². The maximum atomic E-state index is 10.2. The first-order chi connectivity index (χ1) is 9.24. The lowest BCUT2D eigenvalue weighted by Gasteiger charge is -2.36. The van der Waals surface area contributed by atoms with Gasteiger partial charge in [-0.25, -0.2) is 4.98 Å². The Morgan fingerprint density at radius 2 is 2.21 bits per heavy atom. The Morgan fingerprint density at radius 3 is 2.95 bits per heavy atom. The second kappa shape index (κ2) is 6.75. The van der Waals surface area contributed by atoms with Gasteiger partial charge in [0.1, 0.15) is 0 Å². The number of likely N-dealkylation sites (N-methyl/N-ethyl adjacent to an activating group) is 1. The minimum Gasteiger partial charge on any atom is -0.490 e. The second-order valence-corrected chi connectivity index (χ2v) is 5.20. The van der Waals surface area contributed by atoms with Gasteiger partial charge in [-0.3, -0.25) is 0 Å². The molecule has 0 spiro atoms. The molecule has 0 amide bonds. The molecule has 1 aliphatic rings. The zero-order valence-corrected chi connectivity index (χ0v) is 11.9. The van der Waals surface area contributed by atoms with Crippen LogP contribution in [0.15, 0.2) is 18.3 Å². The van der Waals surface area contributed by atoms with Gasteiger partial charge in [-0.1, -0.05) is 19.8 Å². The third kappa shape index (κ3) is 3.38. The van der Waals surface area contributed by atoms with Crippen molar-refractivity contribution in [3.8, 4) is 5.75 Å². The van der Waals surface area contributed by atoms with Crippen molar-refractivity contribution in [2.45, 2.75) is 51.2 Å². The van der Waals surface area contributed by atoms with Gasteiger partial charge in [0.15, 0.2) is 11.6 Å². The number of hydrogen-bond donors (Lipinski definition) is 1.